The van der Waals surface area contributed by atoms with Crippen LogP contribution in [0, 0.1) is 0 Å². The Bertz CT molecular complexity index is 1020. The zero-order chi connectivity index (χ0) is 23.8. The van der Waals surface area contributed by atoms with E-state index in [4.69, 9.17) is 21.1 Å². The molecule has 0 aromatic heterocycles. The van der Waals surface area contributed by atoms with E-state index >= 15 is 0 Å². The summed E-state index contributed by atoms with van der Waals surface area (Å²) < 4.78 is 11.2. The number of hydrogen-bond donors (Lipinski definition) is 1. The molecule has 1 saturated heterocycles. The van der Waals surface area contributed by atoms with Gasteiger partial charge in [-0.1, -0.05) is 48.0 Å². The number of amides is 1. The van der Waals surface area contributed by atoms with Crippen molar-refractivity contribution in [2.75, 3.05) is 52.5 Å². The van der Waals surface area contributed by atoms with E-state index in [2.05, 4.69) is 11.0 Å². The lowest BCUT2D eigenvalue weighted by Gasteiger charge is -2.28. The number of β-amino-alcohol motifs (C(OH)–C–C–N with tert-alkyl or cyclic N) is 1. The van der Waals surface area contributed by atoms with Crippen LogP contribution in [0.2, 0.25) is 5.02 Å². The molecule has 0 saturated carbocycles. The molecule has 2 heterocycles. The van der Waals surface area contributed by atoms with E-state index in [1.54, 1.807) is 17.1 Å². The van der Waals surface area contributed by atoms with Gasteiger partial charge in [-0.25, -0.2) is 0 Å². The Kier molecular flexibility index (Phi) is 8.77. The number of aliphatic hydroxyl groups is 1. The van der Waals surface area contributed by atoms with Crippen LogP contribution >= 0.6 is 11.6 Å². The molecule has 7 heteroatoms. The van der Waals surface area contributed by atoms with Gasteiger partial charge in [0.05, 0.1) is 13.2 Å². The smallest absolute Gasteiger partial charge is 0.246 e. The van der Waals surface area contributed by atoms with Gasteiger partial charge in [-0.2, -0.15) is 0 Å². The molecule has 0 aliphatic carbocycles. The van der Waals surface area contributed by atoms with E-state index in [1.165, 1.54) is 11.1 Å². The molecule has 34 heavy (non-hydrogen) atoms. The van der Waals surface area contributed by atoms with Crippen LogP contribution in [-0.2, 0) is 9.53 Å². The minimum absolute atomic E-state index is 0.0331. The number of carbonyl (C=O) groups excluding carboxylic acids is 1. The highest BCUT2D eigenvalue weighted by Gasteiger charge is 2.17. The Morgan fingerprint density at radius 1 is 1.12 bits per heavy atom. The molecule has 2 aromatic rings. The van der Waals surface area contributed by atoms with Crippen LogP contribution in [0.15, 0.2) is 60.7 Å². The van der Waals surface area contributed by atoms with Gasteiger partial charge in [0.25, 0.3) is 0 Å². The van der Waals surface area contributed by atoms with Crippen molar-refractivity contribution < 1.29 is 19.4 Å². The Balaban J connectivity index is 1.26. The van der Waals surface area contributed by atoms with Crippen LogP contribution in [0.4, 0.5) is 0 Å². The number of para-hydroxylation sites is 1. The quantitative estimate of drug-likeness (QED) is 0.581. The van der Waals surface area contributed by atoms with E-state index < -0.39 is 6.10 Å². The monoisotopic (exact) mass is 482 g/mol. The number of morpholine rings is 1. The summed E-state index contributed by atoms with van der Waals surface area (Å²) >= 11 is 5.99. The van der Waals surface area contributed by atoms with Crippen molar-refractivity contribution in [3.8, 4) is 5.75 Å². The summed E-state index contributed by atoms with van der Waals surface area (Å²) in [5.74, 6) is 0.616. The molecular formula is C27H31ClN2O4. The number of carbonyl (C=O) groups is 1. The Morgan fingerprint density at radius 2 is 1.88 bits per heavy atom. The summed E-state index contributed by atoms with van der Waals surface area (Å²) in [6, 6.07) is 15.5. The lowest BCUT2D eigenvalue weighted by Crippen LogP contribution is -2.39. The van der Waals surface area contributed by atoms with E-state index in [1.807, 2.05) is 48.5 Å². The molecule has 180 valence electrons. The molecular weight excluding hydrogens is 452 g/mol. The van der Waals surface area contributed by atoms with Crippen LogP contribution in [-0.4, -0.2) is 79.5 Å². The molecule has 0 spiro atoms. The zero-order valence-electron chi connectivity index (χ0n) is 19.2. The molecule has 1 amide bonds. The maximum absolute atomic E-state index is 12.4. The predicted octanol–water partition coefficient (Wildman–Crippen LogP) is 3.74. The van der Waals surface area contributed by atoms with Gasteiger partial charge in [0.1, 0.15) is 18.5 Å². The lowest BCUT2D eigenvalue weighted by molar-refractivity contribution is -0.129. The average molecular weight is 483 g/mol. The third-order valence-corrected chi connectivity index (χ3v) is 6.31. The molecule has 1 N–H and O–H groups in total. The van der Waals surface area contributed by atoms with Crippen LogP contribution in [0.25, 0.3) is 11.6 Å². The Labute approximate surface area is 206 Å². The van der Waals surface area contributed by atoms with E-state index in [0.717, 1.165) is 30.1 Å². The number of nitrogens with zero attached hydrogens (tertiary/aromatic N) is 2. The second-order valence-corrected chi connectivity index (χ2v) is 8.96. The summed E-state index contributed by atoms with van der Waals surface area (Å²) in [5.41, 5.74) is 3.32. The summed E-state index contributed by atoms with van der Waals surface area (Å²) in [5, 5.41) is 11.3. The number of benzene rings is 2. The van der Waals surface area contributed by atoms with Crippen molar-refractivity contribution >= 4 is 29.2 Å². The maximum Gasteiger partial charge on any atom is 0.246 e. The first kappa shape index (κ1) is 24.5. The highest BCUT2D eigenvalue weighted by Crippen LogP contribution is 2.24. The number of ether oxygens (including phenoxy) is 2. The largest absolute Gasteiger partial charge is 0.490 e. The summed E-state index contributed by atoms with van der Waals surface area (Å²) in [4.78, 5) is 16.4. The molecule has 4 rings (SSSR count). The van der Waals surface area contributed by atoms with Crippen molar-refractivity contribution in [1.82, 2.24) is 9.80 Å². The van der Waals surface area contributed by atoms with Gasteiger partial charge < -0.3 is 19.5 Å². The second-order valence-electron chi connectivity index (χ2n) is 8.52. The van der Waals surface area contributed by atoms with E-state index in [0.29, 0.717) is 38.6 Å². The molecule has 2 aromatic carbocycles. The molecule has 2 aliphatic rings. The molecule has 1 unspecified atom stereocenters. The standard InChI is InChI=1S/C27H31ClN2O4/c28-24-8-5-21(6-9-24)22-11-13-29(14-12-22)19-25(31)20-34-26-4-2-1-3-23(26)7-10-27(32)30-15-17-33-18-16-30/h1-11,25,31H,12-20H2. The van der Waals surface area contributed by atoms with Crippen molar-refractivity contribution in [2.24, 2.45) is 0 Å². The highest BCUT2D eigenvalue weighted by molar-refractivity contribution is 6.30. The minimum atomic E-state index is -0.613. The lowest BCUT2D eigenvalue weighted by atomic mass is 9.99. The summed E-state index contributed by atoms with van der Waals surface area (Å²) in [6.07, 6.45) is 5.87. The van der Waals surface area contributed by atoms with Crippen molar-refractivity contribution in [2.45, 2.75) is 12.5 Å². The average Bonchev–Trinajstić information content (AvgIpc) is 2.88. The normalized spacial score (nSPS) is 18.1. The second kappa shape index (κ2) is 12.2. The highest BCUT2D eigenvalue weighted by atomic mass is 35.5. The number of rotatable bonds is 8. The fourth-order valence-corrected chi connectivity index (χ4v) is 4.27. The van der Waals surface area contributed by atoms with Crippen LogP contribution in [0.3, 0.4) is 0 Å². The van der Waals surface area contributed by atoms with Crippen LogP contribution in [0.1, 0.15) is 17.5 Å². The van der Waals surface area contributed by atoms with Gasteiger partial charge in [0.15, 0.2) is 0 Å². The van der Waals surface area contributed by atoms with Gasteiger partial charge in [-0.3, -0.25) is 9.69 Å². The maximum atomic E-state index is 12.4. The first-order valence-corrected chi connectivity index (χ1v) is 12.1. The first-order valence-electron chi connectivity index (χ1n) is 11.7. The molecule has 6 nitrogen and oxygen atoms in total. The molecule has 1 fully saturated rings. The third-order valence-electron chi connectivity index (χ3n) is 6.06. The van der Waals surface area contributed by atoms with Crippen molar-refractivity contribution in [3.63, 3.8) is 0 Å². The first-order chi connectivity index (χ1) is 16.6. The summed E-state index contributed by atoms with van der Waals surface area (Å²) in [7, 11) is 0. The topological polar surface area (TPSA) is 62.2 Å². The fourth-order valence-electron chi connectivity index (χ4n) is 4.14. The Morgan fingerprint density at radius 3 is 2.62 bits per heavy atom. The minimum Gasteiger partial charge on any atom is -0.490 e. The van der Waals surface area contributed by atoms with Gasteiger partial charge in [0.2, 0.25) is 5.91 Å². The van der Waals surface area contributed by atoms with Crippen molar-refractivity contribution in [3.05, 3.63) is 76.8 Å². The predicted molar refractivity (Wildman–Crippen MR) is 135 cm³/mol. The molecule has 1 atom stereocenters. The van der Waals surface area contributed by atoms with Crippen LogP contribution < -0.4 is 4.74 Å². The van der Waals surface area contributed by atoms with Gasteiger partial charge in [-0.15, -0.1) is 0 Å². The third kappa shape index (κ3) is 6.93. The van der Waals surface area contributed by atoms with Gasteiger partial charge in [0, 0.05) is 49.4 Å². The van der Waals surface area contributed by atoms with Crippen molar-refractivity contribution in [1.29, 1.82) is 0 Å². The van der Waals surface area contributed by atoms with Gasteiger partial charge >= 0.3 is 0 Å². The number of hydrogen-bond acceptors (Lipinski definition) is 5. The molecule has 2 aliphatic heterocycles. The summed E-state index contributed by atoms with van der Waals surface area (Å²) in [6.45, 7) is 4.77. The Hall–Kier alpha value is -2.64. The SMILES string of the molecule is O=C(C=Cc1ccccc1OCC(O)CN1CC=C(c2ccc(Cl)cc2)CC1)N1CCOCC1. The van der Waals surface area contributed by atoms with Crippen LogP contribution in [0.5, 0.6) is 5.75 Å². The van der Waals surface area contributed by atoms with E-state index in [-0.39, 0.29) is 12.5 Å². The fraction of sp³-hybridized carbons (Fsp3) is 0.370. The molecule has 0 bridgehead atoms. The number of halogens is 1. The molecule has 0 radical (unpaired) electrons. The zero-order valence-corrected chi connectivity index (χ0v) is 20.0. The van der Waals surface area contributed by atoms with Gasteiger partial charge in [-0.05, 0) is 41.8 Å². The van der Waals surface area contributed by atoms with E-state index in [9.17, 15) is 9.90 Å². The number of aliphatic hydroxyl groups excluding tert-OH is 1.